The molecule has 0 aromatic heterocycles. The Morgan fingerprint density at radius 3 is 3.00 bits per heavy atom. The van der Waals surface area contributed by atoms with Gasteiger partial charge in [-0.15, -0.1) is 0 Å². The second-order valence-corrected chi connectivity index (χ2v) is 5.88. The summed E-state index contributed by atoms with van der Waals surface area (Å²) in [6.07, 6.45) is 1.18. The molecule has 1 aromatic carbocycles. The molecular formula is C13H17BrN2OS. The van der Waals surface area contributed by atoms with Crippen LogP contribution < -0.4 is 10.6 Å². The third kappa shape index (κ3) is 3.02. The van der Waals surface area contributed by atoms with E-state index in [-0.39, 0.29) is 0 Å². The van der Waals surface area contributed by atoms with Crippen molar-refractivity contribution in [3.8, 4) is 0 Å². The van der Waals surface area contributed by atoms with Crippen molar-refractivity contribution in [3.05, 3.63) is 28.2 Å². The predicted molar refractivity (Wildman–Crippen MR) is 82.2 cm³/mol. The first kappa shape index (κ1) is 13.8. The third-order valence-electron chi connectivity index (χ3n) is 3.26. The molecule has 0 saturated carbocycles. The van der Waals surface area contributed by atoms with Crippen molar-refractivity contribution in [1.82, 2.24) is 0 Å². The number of rotatable bonds is 4. The largest absolute Gasteiger partial charge is 0.389 e. The molecule has 1 saturated heterocycles. The lowest BCUT2D eigenvalue weighted by atomic mass is 10.1. The van der Waals surface area contributed by atoms with Crippen LogP contribution in [-0.2, 0) is 4.74 Å². The Hall–Kier alpha value is -0.650. The van der Waals surface area contributed by atoms with Gasteiger partial charge in [0.05, 0.1) is 12.3 Å². The van der Waals surface area contributed by atoms with E-state index in [1.165, 1.54) is 12.1 Å². The highest BCUT2D eigenvalue weighted by molar-refractivity contribution is 9.10. The van der Waals surface area contributed by atoms with Gasteiger partial charge in [-0.2, -0.15) is 0 Å². The number of benzene rings is 1. The molecule has 2 N–H and O–H groups in total. The third-order valence-corrected chi connectivity index (χ3v) is 4.13. The van der Waals surface area contributed by atoms with Crippen molar-refractivity contribution in [1.29, 1.82) is 0 Å². The van der Waals surface area contributed by atoms with Gasteiger partial charge in [-0.1, -0.05) is 12.2 Å². The van der Waals surface area contributed by atoms with Crippen LogP contribution in [0.5, 0.6) is 0 Å². The average Bonchev–Trinajstić information content (AvgIpc) is 2.77. The summed E-state index contributed by atoms with van der Waals surface area (Å²) in [4.78, 5) is 2.80. The Bertz CT molecular complexity index is 453. The molecule has 1 heterocycles. The highest BCUT2D eigenvalue weighted by Crippen LogP contribution is 2.31. The van der Waals surface area contributed by atoms with E-state index >= 15 is 0 Å². The molecule has 3 nitrogen and oxygen atoms in total. The van der Waals surface area contributed by atoms with Crippen LogP contribution in [0.2, 0.25) is 0 Å². The summed E-state index contributed by atoms with van der Waals surface area (Å²) in [5, 5.41) is 0. The van der Waals surface area contributed by atoms with Crippen LogP contribution in [0.3, 0.4) is 0 Å². The van der Waals surface area contributed by atoms with Gasteiger partial charge in [-0.25, -0.2) is 0 Å². The summed E-state index contributed by atoms with van der Waals surface area (Å²) >= 11 is 8.58. The minimum atomic E-state index is 0.431. The quantitative estimate of drug-likeness (QED) is 0.862. The first-order valence-corrected chi connectivity index (χ1v) is 7.15. The van der Waals surface area contributed by atoms with Crippen molar-refractivity contribution < 1.29 is 4.74 Å². The van der Waals surface area contributed by atoms with Crippen LogP contribution in [0.4, 0.5) is 5.69 Å². The van der Waals surface area contributed by atoms with E-state index in [1.807, 2.05) is 12.1 Å². The molecule has 2 rings (SSSR count). The van der Waals surface area contributed by atoms with Crippen LogP contribution in [0.15, 0.2) is 22.7 Å². The fourth-order valence-corrected chi connectivity index (χ4v) is 3.10. The maximum Gasteiger partial charge on any atom is 0.104 e. The zero-order valence-electron chi connectivity index (χ0n) is 10.4. The molecule has 1 fully saturated rings. The monoisotopic (exact) mass is 328 g/mol. The number of ether oxygens (including phenoxy) is 1. The Balaban J connectivity index is 2.12. The minimum absolute atomic E-state index is 0.431. The Kier molecular flexibility index (Phi) is 4.59. The van der Waals surface area contributed by atoms with Gasteiger partial charge in [0.25, 0.3) is 0 Å². The van der Waals surface area contributed by atoms with E-state index in [2.05, 4.69) is 26.9 Å². The SMILES string of the molecule is COCC1CCN(c2ccc(C(N)=S)cc2Br)C1. The Labute approximate surface area is 121 Å². The van der Waals surface area contributed by atoms with Crippen LogP contribution in [0.1, 0.15) is 12.0 Å². The lowest BCUT2D eigenvalue weighted by Crippen LogP contribution is -2.21. The molecule has 1 unspecified atom stereocenters. The van der Waals surface area contributed by atoms with Gasteiger partial charge < -0.3 is 15.4 Å². The van der Waals surface area contributed by atoms with Gasteiger partial charge in [0.2, 0.25) is 0 Å². The molecule has 0 amide bonds. The molecule has 5 heteroatoms. The molecular weight excluding hydrogens is 312 g/mol. The number of methoxy groups -OCH3 is 1. The molecule has 0 spiro atoms. The first-order valence-electron chi connectivity index (χ1n) is 5.95. The van der Waals surface area contributed by atoms with E-state index in [4.69, 9.17) is 22.7 Å². The summed E-state index contributed by atoms with van der Waals surface area (Å²) in [5.41, 5.74) is 7.73. The van der Waals surface area contributed by atoms with E-state index in [9.17, 15) is 0 Å². The highest BCUT2D eigenvalue weighted by Gasteiger charge is 2.23. The van der Waals surface area contributed by atoms with Crippen LogP contribution in [0, 0.1) is 5.92 Å². The topological polar surface area (TPSA) is 38.5 Å². The maximum atomic E-state index is 5.63. The van der Waals surface area contributed by atoms with Gasteiger partial charge in [-0.3, -0.25) is 0 Å². The van der Waals surface area contributed by atoms with Crippen LogP contribution in [-0.4, -0.2) is 31.8 Å². The molecule has 0 radical (unpaired) electrons. The fraction of sp³-hybridized carbons (Fsp3) is 0.462. The van der Waals surface area contributed by atoms with Gasteiger partial charge in [0, 0.05) is 36.2 Å². The number of halogens is 1. The number of hydrogen-bond donors (Lipinski definition) is 1. The van der Waals surface area contributed by atoms with Crippen molar-refractivity contribution in [2.45, 2.75) is 6.42 Å². The van der Waals surface area contributed by atoms with E-state index in [0.29, 0.717) is 10.9 Å². The van der Waals surface area contributed by atoms with E-state index in [0.717, 1.165) is 29.7 Å². The number of anilines is 1. The maximum absolute atomic E-state index is 5.63. The molecule has 0 bridgehead atoms. The average molecular weight is 329 g/mol. The van der Waals surface area contributed by atoms with Gasteiger partial charge >= 0.3 is 0 Å². The molecule has 1 atom stereocenters. The summed E-state index contributed by atoms with van der Waals surface area (Å²) in [6.45, 7) is 2.94. The van der Waals surface area contributed by atoms with Crippen molar-refractivity contribution in [3.63, 3.8) is 0 Å². The fourth-order valence-electron chi connectivity index (χ4n) is 2.34. The number of thiocarbonyl (C=S) groups is 1. The smallest absolute Gasteiger partial charge is 0.104 e. The van der Waals surface area contributed by atoms with E-state index in [1.54, 1.807) is 7.11 Å². The number of nitrogens with zero attached hydrogens (tertiary/aromatic N) is 1. The summed E-state index contributed by atoms with van der Waals surface area (Å²) < 4.78 is 6.27. The predicted octanol–water partition coefficient (Wildman–Crippen LogP) is 2.56. The summed E-state index contributed by atoms with van der Waals surface area (Å²) in [6, 6.07) is 6.04. The molecule has 18 heavy (non-hydrogen) atoms. The van der Waals surface area contributed by atoms with E-state index < -0.39 is 0 Å². The summed E-state index contributed by atoms with van der Waals surface area (Å²) in [5.74, 6) is 0.622. The van der Waals surface area contributed by atoms with Crippen LogP contribution >= 0.6 is 28.1 Å². The highest BCUT2D eigenvalue weighted by atomic mass is 79.9. The zero-order chi connectivity index (χ0) is 13.1. The lowest BCUT2D eigenvalue weighted by molar-refractivity contribution is 0.161. The molecule has 1 aromatic rings. The first-order chi connectivity index (χ1) is 8.61. The standard InChI is InChI=1S/C13H17BrN2OS/c1-17-8-9-4-5-16(7-9)12-3-2-10(13(15)18)6-11(12)14/h2-3,6,9H,4-5,7-8H2,1H3,(H2,15,18). The second kappa shape index (κ2) is 5.99. The van der Waals surface area contributed by atoms with Crippen molar-refractivity contribution >= 4 is 38.8 Å². The molecule has 98 valence electrons. The van der Waals surface area contributed by atoms with Gasteiger partial charge in [0.15, 0.2) is 0 Å². The lowest BCUT2D eigenvalue weighted by Gasteiger charge is -2.20. The van der Waals surface area contributed by atoms with Crippen LogP contribution in [0.25, 0.3) is 0 Å². The second-order valence-electron chi connectivity index (χ2n) is 4.59. The van der Waals surface area contributed by atoms with Crippen molar-refractivity contribution in [2.24, 2.45) is 11.7 Å². The summed E-state index contributed by atoms with van der Waals surface area (Å²) in [7, 11) is 1.76. The Morgan fingerprint density at radius 1 is 1.61 bits per heavy atom. The Morgan fingerprint density at radius 2 is 2.39 bits per heavy atom. The van der Waals surface area contributed by atoms with Gasteiger partial charge in [0.1, 0.15) is 4.99 Å². The van der Waals surface area contributed by atoms with Crippen molar-refractivity contribution in [2.75, 3.05) is 31.7 Å². The molecule has 1 aliphatic heterocycles. The molecule has 1 aliphatic rings. The van der Waals surface area contributed by atoms with Gasteiger partial charge in [-0.05, 0) is 40.5 Å². The zero-order valence-corrected chi connectivity index (χ0v) is 12.8. The number of hydrogen-bond acceptors (Lipinski definition) is 3. The number of nitrogens with two attached hydrogens (primary N) is 1. The normalized spacial score (nSPS) is 19.2. The minimum Gasteiger partial charge on any atom is -0.389 e. The molecule has 0 aliphatic carbocycles.